The van der Waals surface area contributed by atoms with Crippen LogP contribution in [0.1, 0.15) is 6.42 Å². The summed E-state index contributed by atoms with van der Waals surface area (Å²) in [6.07, 6.45) is 5.66. The average molecular weight is 294 g/mol. The zero-order valence-electron chi connectivity index (χ0n) is 10.2. The maximum Gasteiger partial charge on any atom is 0.231 e. The molecule has 1 aliphatic heterocycles. The van der Waals surface area contributed by atoms with E-state index in [0.717, 1.165) is 18.7 Å². The van der Waals surface area contributed by atoms with Crippen LogP contribution in [0, 0.1) is 23.7 Å². The number of benzene rings is 1. The zero-order chi connectivity index (χ0) is 13.1. The average Bonchev–Trinajstić information content (AvgIpc) is 3.00. The van der Waals surface area contributed by atoms with Gasteiger partial charge in [0.1, 0.15) is 0 Å². The van der Waals surface area contributed by atoms with Crippen LogP contribution in [0.25, 0.3) is 0 Å². The van der Waals surface area contributed by atoms with E-state index in [2.05, 4.69) is 12.2 Å². The van der Waals surface area contributed by atoms with Crippen molar-refractivity contribution in [3.05, 3.63) is 40.4 Å². The minimum Gasteiger partial charge on any atom is -0.312 e. The number of nitrogens with zero attached hydrogens (tertiary/aromatic N) is 1. The van der Waals surface area contributed by atoms with Gasteiger partial charge in [0.15, 0.2) is 0 Å². The Labute approximate surface area is 122 Å². The van der Waals surface area contributed by atoms with Crippen LogP contribution < -0.4 is 4.90 Å². The van der Waals surface area contributed by atoms with E-state index in [1.807, 2.05) is 17.0 Å². The van der Waals surface area contributed by atoms with Gasteiger partial charge < -0.3 is 4.90 Å². The molecule has 4 atom stereocenters. The van der Waals surface area contributed by atoms with Crippen molar-refractivity contribution in [2.75, 3.05) is 11.4 Å². The second-order valence-electron chi connectivity index (χ2n) is 5.71. The minimum atomic E-state index is 0.174. The van der Waals surface area contributed by atoms with E-state index < -0.39 is 0 Å². The number of anilines is 1. The molecule has 19 heavy (non-hydrogen) atoms. The molecule has 2 nitrogen and oxygen atoms in total. The van der Waals surface area contributed by atoms with Gasteiger partial charge in [0, 0.05) is 28.2 Å². The summed E-state index contributed by atoms with van der Waals surface area (Å²) in [5.41, 5.74) is 0.830. The van der Waals surface area contributed by atoms with Gasteiger partial charge in [-0.1, -0.05) is 35.4 Å². The van der Waals surface area contributed by atoms with Crippen molar-refractivity contribution in [2.24, 2.45) is 23.7 Å². The number of hydrogen-bond acceptors (Lipinski definition) is 1. The van der Waals surface area contributed by atoms with E-state index >= 15 is 0 Å². The number of carbonyl (C=O) groups is 1. The first-order valence-electron chi connectivity index (χ1n) is 6.59. The van der Waals surface area contributed by atoms with Gasteiger partial charge in [-0.25, -0.2) is 0 Å². The number of allylic oxidation sites excluding steroid dienone is 2. The molecule has 1 aromatic rings. The first kappa shape index (κ1) is 11.8. The van der Waals surface area contributed by atoms with Gasteiger partial charge in [-0.3, -0.25) is 4.79 Å². The topological polar surface area (TPSA) is 20.3 Å². The van der Waals surface area contributed by atoms with E-state index in [0.29, 0.717) is 27.8 Å². The first-order valence-corrected chi connectivity index (χ1v) is 7.35. The fraction of sp³-hybridized carbons (Fsp3) is 0.400. The molecule has 98 valence electrons. The quantitative estimate of drug-likeness (QED) is 0.722. The molecule has 0 radical (unpaired) electrons. The van der Waals surface area contributed by atoms with Gasteiger partial charge >= 0.3 is 0 Å². The van der Waals surface area contributed by atoms with Crippen molar-refractivity contribution in [1.82, 2.24) is 0 Å². The minimum absolute atomic E-state index is 0.174. The maximum atomic E-state index is 12.6. The first-order chi connectivity index (χ1) is 9.13. The summed E-state index contributed by atoms with van der Waals surface area (Å²) in [5, 5.41) is 1.15. The van der Waals surface area contributed by atoms with Gasteiger partial charge in [-0.05, 0) is 42.4 Å². The normalized spacial score (nSPS) is 35.3. The Morgan fingerprint density at radius 3 is 2.42 bits per heavy atom. The van der Waals surface area contributed by atoms with E-state index in [4.69, 9.17) is 23.2 Å². The molecular weight excluding hydrogens is 281 g/mol. The predicted molar refractivity (Wildman–Crippen MR) is 76.5 cm³/mol. The highest BCUT2D eigenvalue weighted by atomic mass is 35.5. The number of carbonyl (C=O) groups excluding carboxylic acids is 1. The lowest BCUT2D eigenvalue weighted by molar-refractivity contribution is -0.121. The molecule has 4 rings (SSSR count). The Morgan fingerprint density at radius 1 is 1.05 bits per heavy atom. The van der Waals surface area contributed by atoms with Crippen LogP contribution >= 0.6 is 23.2 Å². The van der Waals surface area contributed by atoms with Crippen LogP contribution in [0.4, 0.5) is 5.69 Å². The fourth-order valence-electron chi connectivity index (χ4n) is 3.95. The Hall–Kier alpha value is -0.990. The Balaban J connectivity index is 1.70. The van der Waals surface area contributed by atoms with Crippen LogP contribution in [-0.4, -0.2) is 12.5 Å². The van der Waals surface area contributed by atoms with E-state index in [-0.39, 0.29) is 11.8 Å². The SMILES string of the molecule is O=C1[C@H]2[C@@H](CN1c1cc(Cl)cc(Cl)c1)[C@H]1C=C[C@@H]2C1. The van der Waals surface area contributed by atoms with Crippen molar-refractivity contribution < 1.29 is 4.79 Å². The highest BCUT2D eigenvalue weighted by Gasteiger charge is 2.54. The summed E-state index contributed by atoms with van der Waals surface area (Å²) < 4.78 is 0. The number of rotatable bonds is 1. The van der Waals surface area contributed by atoms with Gasteiger partial charge in [-0.2, -0.15) is 0 Å². The lowest BCUT2D eigenvalue weighted by Crippen LogP contribution is -2.29. The van der Waals surface area contributed by atoms with Crippen LogP contribution in [0.3, 0.4) is 0 Å². The third-order valence-electron chi connectivity index (χ3n) is 4.73. The van der Waals surface area contributed by atoms with Gasteiger partial charge in [0.05, 0.1) is 0 Å². The van der Waals surface area contributed by atoms with E-state index in [1.165, 1.54) is 0 Å². The molecule has 3 aliphatic rings. The van der Waals surface area contributed by atoms with Crippen LogP contribution in [0.5, 0.6) is 0 Å². The molecule has 1 heterocycles. The molecule has 2 bridgehead atoms. The van der Waals surface area contributed by atoms with Gasteiger partial charge in [-0.15, -0.1) is 0 Å². The summed E-state index contributed by atoms with van der Waals surface area (Å²) in [5.74, 6) is 1.91. The molecule has 1 saturated carbocycles. The van der Waals surface area contributed by atoms with Crippen molar-refractivity contribution in [3.63, 3.8) is 0 Å². The monoisotopic (exact) mass is 293 g/mol. The fourth-order valence-corrected chi connectivity index (χ4v) is 4.46. The standard InChI is InChI=1S/C15H13Cl2NO/c16-10-4-11(17)6-12(5-10)18-7-13-8-1-2-9(3-8)14(13)15(18)19/h1-2,4-6,8-9,13-14H,3,7H2/t8-,9+,13-,14+/m0/s1. The lowest BCUT2D eigenvalue weighted by atomic mass is 9.86. The number of fused-ring (bicyclic) bond motifs is 5. The molecule has 0 aromatic heterocycles. The number of hydrogen-bond donors (Lipinski definition) is 0. The summed E-state index contributed by atoms with van der Waals surface area (Å²) in [6.45, 7) is 0.797. The van der Waals surface area contributed by atoms with Crippen LogP contribution in [-0.2, 0) is 4.79 Å². The Kier molecular flexibility index (Phi) is 2.49. The molecule has 2 aliphatic carbocycles. The summed E-state index contributed by atoms with van der Waals surface area (Å²) in [4.78, 5) is 14.5. The molecule has 0 unspecified atom stereocenters. The summed E-state index contributed by atoms with van der Waals surface area (Å²) in [7, 11) is 0. The molecular formula is C15H13Cl2NO. The third-order valence-corrected chi connectivity index (χ3v) is 5.16. The highest BCUT2D eigenvalue weighted by molar-refractivity contribution is 6.35. The van der Waals surface area contributed by atoms with Crippen LogP contribution in [0.2, 0.25) is 10.0 Å². The highest BCUT2D eigenvalue weighted by Crippen LogP contribution is 2.52. The second-order valence-corrected chi connectivity index (χ2v) is 6.59. The molecule has 0 spiro atoms. The Morgan fingerprint density at radius 2 is 1.74 bits per heavy atom. The molecule has 1 amide bonds. The molecule has 4 heteroatoms. The number of amides is 1. The maximum absolute atomic E-state index is 12.6. The number of halogens is 2. The Bertz CT molecular complexity index is 578. The molecule has 1 aromatic carbocycles. The van der Waals surface area contributed by atoms with Crippen molar-refractivity contribution in [2.45, 2.75) is 6.42 Å². The van der Waals surface area contributed by atoms with Crippen molar-refractivity contribution in [1.29, 1.82) is 0 Å². The van der Waals surface area contributed by atoms with Crippen molar-refractivity contribution in [3.8, 4) is 0 Å². The van der Waals surface area contributed by atoms with Gasteiger partial charge in [0.2, 0.25) is 5.91 Å². The largest absolute Gasteiger partial charge is 0.312 e. The van der Waals surface area contributed by atoms with Crippen molar-refractivity contribution >= 4 is 34.8 Å². The summed E-state index contributed by atoms with van der Waals surface area (Å²) >= 11 is 12.1. The second kappa shape index (κ2) is 4.00. The smallest absolute Gasteiger partial charge is 0.231 e. The molecule has 0 N–H and O–H groups in total. The van der Waals surface area contributed by atoms with Crippen LogP contribution in [0.15, 0.2) is 30.4 Å². The summed E-state index contributed by atoms with van der Waals surface area (Å²) in [6, 6.07) is 5.34. The van der Waals surface area contributed by atoms with Gasteiger partial charge in [0.25, 0.3) is 0 Å². The zero-order valence-corrected chi connectivity index (χ0v) is 11.7. The molecule has 1 saturated heterocycles. The predicted octanol–water partition coefficient (Wildman–Crippen LogP) is 3.78. The van der Waals surface area contributed by atoms with E-state index in [1.54, 1.807) is 6.07 Å². The lowest BCUT2D eigenvalue weighted by Gasteiger charge is -2.19. The van der Waals surface area contributed by atoms with E-state index in [9.17, 15) is 4.79 Å². The molecule has 2 fully saturated rings. The third kappa shape index (κ3) is 1.66.